The van der Waals surface area contributed by atoms with Crippen LogP contribution in [-0.2, 0) is 13.1 Å². The van der Waals surface area contributed by atoms with Crippen molar-refractivity contribution < 1.29 is 0 Å². The summed E-state index contributed by atoms with van der Waals surface area (Å²) in [7, 11) is 2.15. The van der Waals surface area contributed by atoms with Crippen LogP contribution >= 0.6 is 0 Å². The van der Waals surface area contributed by atoms with Crippen LogP contribution in [0.3, 0.4) is 0 Å². The van der Waals surface area contributed by atoms with Gasteiger partial charge in [-0.25, -0.2) is 0 Å². The van der Waals surface area contributed by atoms with E-state index in [4.69, 9.17) is 5.73 Å². The Morgan fingerprint density at radius 3 is 2.62 bits per heavy atom. The molecule has 1 aromatic rings. The Labute approximate surface area is 98.7 Å². The van der Waals surface area contributed by atoms with E-state index in [9.17, 15) is 0 Å². The molecule has 0 bridgehead atoms. The zero-order valence-corrected chi connectivity index (χ0v) is 10.8. The van der Waals surface area contributed by atoms with Crippen LogP contribution in [0.2, 0.25) is 0 Å². The second-order valence-corrected chi connectivity index (χ2v) is 4.71. The summed E-state index contributed by atoms with van der Waals surface area (Å²) in [5.74, 6) is 0.656. The number of nitrogens with zero attached hydrogens (tertiary/aromatic N) is 2. The first-order valence-electron chi connectivity index (χ1n) is 5.89. The van der Waals surface area contributed by atoms with Crippen LogP contribution < -0.4 is 5.73 Å². The molecule has 0 saturated heterocycles. The third-order valence-corrected chi connectivity index (χ3v) is 3.26. The summed E-state index contributed by atoms with van der Waals surface area (Å²) < 4.78 is 0. The van der Waals surface area contributed by atoms with E-state index in [-0.39, 0.29) is 0 Å². The van der Waals surface area contributed by atoms with Gasteiger partial charge in [0.25, 0.3) is 0 Å². The molecule has 0 spiro atoms. The highest BCUT2D eigenvalue weighted by Crippen LogP contribution is 2.13. The van der Waals surface area contributed by atoms with E-state index >= 15 is 0 Å². The molecule has 0 amide bonds. The monoisotopic (exact) mass is 221 g/mol. The van der Waals surface area contributed by atoms with Crippen LogP contribution in [0.1, 0.15) is 32.0 Å². The van der Waals surface area contributed by atoms with Crippen molar-refractivity contribution >= 4 is 0 Å². The van der Waals surface area contributed by atoms with Gasteiger partial charge in [-0.3, -0.25) is 9.88 Å². The minimum atomic E-state index is 0.514. The van der Waals surface area contributed by atoms with Gasteiger partial charge in [0, 0.05) is 25.3 Å². The highest BCUT2D eigenvalue weighted by molar-refractivity contribution is 5.19. The summed E-state index contributed by atoms with van der Waals surface area (Å²) in [6.45, 7) is 8.17. The standard InChI is InChI=1S/C13H23N3/c1-10(2)11(3)16(4)9-12-6-5-7-15-13(12)8-14/h5-7,10-11H,8-9,14H2,1-4H3. The molecule has 1 rings (SSSR count). The third-order valence-electron chi connectivity index (χ3n) is 3.26. The highest BCUT2D eigenvalue weighted by atomic mass is 15.1. The summed E-state index contributed by atoms with van der Waals surface area (Å²) in [5.41, 5.74) is 7.92. The molecule has 90 valence electrons. The van der Waals surface area contributed by atoms with Crippen LogP contribution in [0.25, 0.3) is 0 Å². The second kappa shape index (κ2) is 5.97. The normalized spacial score (nSPS) is 13.4. The van der Waals surface area contributed by atoms with E-state index in [2.05, 4.69) is 43.8 Å². The van der Waals surface area contributed by atoms with Gasteiger partial charge in [-0.05, 0) is 31.5 Å². The quantitative estimate of drug-likeness (QED) is 0.827. The molecule has 16 heavy (non-hydrogen) atoms. The Morgan fingerprint density at radius 2 is 2.06 bits per heavy atom. The molecule has 3 nitrogen and oxygen atoms in total. The largest absolute Gasteiger partial charge is 0.325 e. The van der Waals surface area contributed by atoms with E-state index < -0.39 is 0 Å². The fourth-order valence-corrected chi connectivity index (χ4v) is 1.72. The van der Waals surface area contributed by atoms with Crippen molar-refractivity contribution in [2.45, 2.75) is 39.9 Å². The fourth-order valence-electron chi connectivity index (χ4n) is 1.72. The summed E-state index contributed by atoms with van der Waals surface area (Å²) in [4.78, 5) is 6.65. The zero-order chi connectivity index (χ0) is 12.1. The average molecular weight is 221 g/mol. The van der Waals surface area contributed by atoms with Crippen molar-refractivity contribution in [2.24, 2.45) is 11.7 Å². The first-order chi connectivity index (χ1) is 7.56. The number of nitrogens with two attached hydrogens (primary N) is 1. The lowest BCUT2D eigenvalue weighted by Crippen LogP contribution is -2.33. The minimum absolute atomic E-state index is 0.514. The van der Waals surface area contributed by atoms with Crippen molar-refractivity contribution in [3.63, 3.8) is 0 Å². The van der Waals surface area contributed by atoms with Gasteiger partial charge in [-0.1, -0.05) is 19.9 Å². The Kier molecular flexibility index (Phi) is 4.90. The third kappa shape index (κ3) is 3.29. The van der Waals surface area contributed by atoms with E-state index in [1.165, 1.54) is 5.56 Å². The highest BCUT2D eigenvalue weighted by Gasteiger charge is 2.14. The Morgan fingerprint density at radius 1 is 1.38 bits per heavy atom. The van der Waals surface area contributed by atoms with E-state index in [1.54, 1.807) is 6.20 Å². The molecule has 0 aliphatic heterocycles. The van der Waals surface area contributed by atoms with Gasteiger partial charge in [0.05, 0.1) is 5.69 Å². The summed E-state index contributed by atoms with van der Waals surface area (Å²) in [6, 6.07) is 4.65. The molecule has 3 heteroatoms. The molecule has 1 heterocycles. The van der Waals surface area contributed by atoms with Crippen molar-refractivity contribution in [1.29, 1.82) is 0 Å². The van der Waals surface area contributed by atoms with Gasteiger partial charge in [-0.15, -0.1) is 0 Å². The zero-order valence-electron chi connectivity index (χ0n) is 10.8. The molecular formula is C13H23N3. The Balaban J connectivity index is 2.72. The van der Waals surface area contributed by atoms with E-state index in [1.807, 2.05) is 6.07 Å². The van der Waals surface area contributed by atoms with Crippen molar-refractivity contribution in [3.8, 4) is 0 Å². The van der Waals surface area contributed by atoms with Crippen molar-refractivity contribution in [1.82, 2.24) is 9.88 Å². The number of rotatable bonds is 5. The molecule has 0 saturated carbocycles. The Bertz CT molecular complexity index is 323. The SMILES string of the molecule is CC(C)C(C)N(C)Cc1cccnc1CN. The Hall–Kier alpha value is -0.930. The van der Waals surface area contributed by atoms with Gasteiger partial charge in [-0.2, -0.15) is 0 Å². The maximum Gasteiger partial charge on any atom is 0.0584 e. The first-order valence-corrected chi connectivity index (χ1v) is 5.89. The lowest BCUT2D eigenvalue weighted by atomic mass is 10.0. The van der Waals surface area contributed by atoms with Gasteiger partial charge in [0.2, 0.25) is 0 Å². The summed E-state index contributed by atoms with van der Waals surface area (Å²) >= 11 is 0. The average Bonchev–Trinajstić information content (AvgIpc) is 2.28. The van der Waals surface area contributed by atoms with Gasteiger partial charge in [0.1, 0.15) is 0 Å². The van der Waals surface area contributed by atoms with Crippen LogP contribution in [0, 0.1) is 5.92 Å². The molecule has 2 N–H and O–H groups in total. The minimum Gasteiger partial charge on any atom is -0.325 e. The number of aromatic nitrogens is 1. The molecule has 0 aliphatic rings. The predicted molar refractivity (Wildman–Crippen MR) is 67.9 cm³/mol. The molecular weight excluding hydrogens is 198 g/mol. The van der Waals surface area contributed by atoms with E-state index in [0.29, 0.717) is 18.5 Å². The van der Waals surface area contributed by atoms with E-state index in [0.717, 1.165) is 12.2 Å². The predicted octanol–water partition coefficient (Wildman–Crippen LogP) is 2.02. The van der Waals surface area contributed by atoms with Crippen LogP contribution in [0.15, 0.2) is 18.3 Å². The second-order valence-electron chi connectivity index (χ2n) is 4.71. The molecule has 1 unspecified atom stereocenters. The summed E-state index contributed by atoms with van der Waals surface area (Å²) in [6.07, 6.45) is 1.80. The van der Waals surface area contributed by atoms with Crippen LogP contribution in [-0.4, -0.2) is 23.0 Å². The molecule has 1 aromatic heterocycles. The van der Waals surface area contributed by atoms with Gasteiger partial charge < -0.3 is 5.73 Å². The number of hydrogen-bond donors (Lipinski definition) is 1. The van der Waals surface area contributed by atoms with Crippen molar-refractivity contribution in [3.05, 3.63) is 29.6 Å². The van der Waals surface area contributed by atoms with Gasteiger partial charge >= 0.3 is 0 Å². The van der Waals surface area contributed by atoms with Crippen LogP contribution in [0.4, 0.5) is 0 Å². The maximum atomic E-state index is 5.68. The molecule has 0 fully saturated rings. The lowest BCUT2D eigenvalue weighted by molar-refractivity contribution is 0.200. The molecule has 1 atom stereocenters. The van der Waals surface area contributed by atoms with Gasteiger partial charge in [0.15, 0.2) is 0 Å². The number of hydrogen-bond acceptors (Lipinski definition) is 3. The topological polar surface area (TPSA) is 42.2 Å². The fraction of sp³-hybridized carbons (Fsp3) is 0.615. The lowest BCUT2D eigenvalue weighted by Gasteiger charge is -2.28. The smallest absolute Gasteiger partial charge is 0.0584 e. The summed E-state index contributed by atoms with van der Waals surface area (Å²) in [5, 5.41) is 0. The first kappa shape index (κ1) is 13.1. The van der Waals surface area contributed by atoms with Crippen molar-refractivity contribution in [2.75, 3.05) is 7.05 Å². The molecule has 0 aliphatic carbocycles. The molecule has 0 radical (unpaired) electrons. The number of pyridine rings is 1. The maximum absolute atomic E-state index is 5.68. The molecule has 0 aromatic carbocycles. The van der Waals surface area contributed by atoms with Crippen LogP contribution in [0.5, 0.6) is 0 Å².